The first-order valence-electron chi connectivity index (χ1n) is 7.11. The Morgan fingerprint density at radius 2 is 1.78 bits per heavy atom. The maximum atomic E-state index is 12.3. The summed E-state index contributed by atoms with van der Waals surface area (Å²) in [5.41, 5.74) is 8.38. The third kappa shape index (κ3) is 4.50. The minimum atomic E-state index is -0.221. The minimum Gasteiger partial charge on any atom is -0.397 e. The average Bonchev–Trinajstić information content (AvgIpc) is 3.02. The molecule has 3 N–H and O–H groups in total. The molecule has 1 aliphatic heterocycles. The van der Waals surface area contributed by atoms with Gasteiger partial charge in [-0.25, -0.2) is 4.98 Å². The molecule has 124 valence electrons. The number of nitrogen functional groups attached to an aromatic ring is 1. The number of benzene rings is 1. The van der Waals surface area contributed by atoms with Gasteiger partial charge in [-0.3, -0.25) is 4.79 Å². The second kappa shape index (κ2) is 8.60. The Morgan fingerprint density at radius 3 is 2.43 bits per heavy atom. The van der Waals surface area contributed by atoms with Crippen LogP contribution in [0.25, 0.3) is 0 Å². The molecule has 0 unspecified atom stereocenters. The first-order chi connectivity index (χ1) is 10.2. The number of carbonyl (C=O) groups excluding carboxylic acids is 1. The SMILES string of the molecule is Cl.Cl.Nc1ccc(C(=O)Nc2ccccc2N2CCCC2)nc1. The van der Waals surface area contributed by atoms with Gasteiger partial charge in [0.15, 0.2) is 0 Å². The zero-order valence-corrected chi connectivity index (χ0v) is 14.2. The summed E-state index contributed by atoms with van der Waals surface area (Å²) in [4.78, 5) is 18.6. The Bertz CT molecular complexity index is 643. The van der Waals surface area contributed by atoms with Crippen LogP contribution in [0.5, 0.6) is 0 Å². The number of halogens is 2. The van der Waals surface area contributed by atoms with Crippen LogP contribution >= 0.6 is 24.8 Å². The van der Waals surface area contributed by atoms with Gasteiger partial charge in [-0.05, 0) is 37.1 Å². The molecule has 2 aromatic rings. The lowest BCUT2D eigenvalue weighted by atomic mass is 10.2. The number of hydrogen-bond donors (Lipinski definition) is 2. The number of pyridine rings is 1. The Hall–Kier alpha value is -1.98. The summed E-state index contributed by atoms with van der Waals surface area (Å²) in [6.45, 7) is 2.07. The lowest BCUT2D eigenvalue weighted by Gasteiger charge is -2.21. The van der Waals surface area contributed by atoms with E-state index in [4.69, 9.17) is 5.73 Å². The maximum absolute atomic E-state index is 12.3. The molecular formula is C16H20Cl2N4O. The summed E-state index contributed by atoms with van der Waals surface area (Å²) in [5.74, 6) is -0.221. The quantitative estimate of drug-likeness (QED) is 0.886. The van der Waals surface area contributed by atoms with Crippen molar-refractivity contribution in [3.05, 3.63) is 48.3 Å². The molecule has 5 nitrogen and oxygen atoms in total. The Balaban J connectivity index is 0.00000132. The van der Waals surface area contributed by atoms with Crippen LogP contribution in [0.2, 0.25) is 0 Å². The van der Waals surface area contributed by atoms with Crippen molar-refractivity contribution in [1.29, 1.82) is 0 Å². The van der Waals surface area contributed by atoms with E-state index in [0.29, 0.717) is 11.4 Å². The fraction of sp³-hybridized carbons (Fsp3) is 0.250. The summed E-state index contributed by atoms with van der Waals surface area (Å²) < 4.78 is 0. The lowest BCUT2D eigenvalue weighted by molar-refractivity contribution is 0.102. The summed E-state index contributed by atoms with van der Waals surface area (Å²) in [7, 11) is 0. The Kier molecular flexibility index (Phi) is 7.13. The van der Waals surface area contributed by atoms with Crippen molar-refractivity contribution in [1.82, 2.24) is 4.98 Å². The van der Waals surface area contributed by atoms with E-state index in [9.17, 15) is 4.79 Å². The number of carbonyl (C=O) groups is 1. The number of nitrogens with zero attached hydrogens (tertiary/aromatic N) is 2. The van der Waals surface area contributed by atoms with Crippen LogP contribution in [0.3, 0.4) is 0 Å². The zero-order chi connectivity index (χ0) is 14.7. The van der Waals surface area contributed by atoms with Gasteiger partial charge in [0, 0.05) is 13.1 Å². The number of hydrogen-bond acceptors (Lipinski definition) is 4. The number of nitrogens with one attached hydrogen (secondary N) is 1. The third-order valence-corrected chi connectivity index (χ3v) is 3.62. The molecule has 0 atom stereocenters. The molecule has 0 spiro atoms. The maximum Gasteiger partial charge on any atom is 0.274 e. The second-order valence-electron chi connectivity index (χ2n) is 5.14. The summed E-state index contributed by atoms with van der Waals surface area (Å²) >= 11 is 0. The van der Waals surface area contributed by atoms with Gasteiger partial charge in [-0.1, -0.05) is 12.1 Å². The Morgan fingerprint density at radius 1 is 1.09 bits per heavy atom. The van der Waals surface area contributed by atoms with Gasteiger partial charge in [0.25, 0.3) is 5.91 Å². The molecule has 3 rings (SSSR count). The van der Waals surface area contributed by atoms with Crippen LogP contribution in [-0.2, 0) is 0 Å². The van der Waals surface area contributed by atoms with Crippen LogP contribution < -0.4 is 16.0 Å². The highest BCUT2D eigenvalue weighted by atomic mass is 35.5. The zero-order valence-electron chi connectivity index (χ0n) is 12.6. The van der Waals surface area contributed by atoms with Gasteiger partial charge in [0.05, 0.1) is 23.3 Å². The van der Waals surface area contributed by atoms with Crippen LogP contribution in [0.1, 0.15) is 23.3 Å². The summed E-state index contributed by atoms with van der Waals surface area (Å²) in [5, 5.41) is 2.94. The first-order valence-corrected chi connectivity index (χ1v) is 7.11. The van der Waals surface area contributed by atoms with E-state index in [2.05, 4.69) is 15.2 Å². The van der Waals surface area contributed by atoms with E-state index in [-0.39, 0.29) is 30.7 Å². The molecule has 1 aromatic carbocycles. The van der Waals surface area contributed by atoms with E-state index < -0.39 is 0 Å². The largest absolute Gasteiger partial charge is 0.397 e. The molecule has 2 heterocycles. The highest BCUT2D eigenvalue weighted by Crippen LogP contribution is 2.28. The standard InChI is InChI=1S/C16H18N4O.2ClH/c17-12-7-8-14(18-11-12)16(21)19-13-5-1-2-6-15(13)20-9-3-4-10-20;;/h1-2,5-8,11H,3-4,9-10,17H2,(H,19,21);2*1H. The van der Waals surface area contributed by atoms with Crippen molar-refractivity contribution < 1.29 is 4.79 Å². The van der Waals surface area contributed by atoms with Crippen LogP contribution in [0.4, 0.5) is 17.1 Å². The average molecular weight is 355 g/mol. The van der Waals surface area contributed by atoms with Crippen molar-refractivity contribution in [2.45, 2.75) is 12.8 Å². The number of aromatic nitrogens is 1. The van der Waals surface area contributed by atoms with Crippen molar-refractivity contribution in [2.24, 2.45) is 0 Å². The second-order valence-corrected chi connectivity index (χ2v) is 5.14. The van der Waals surface area contributed by atoms with Gasteiger partial charge in [-0.15, -0.1) is 24.8 Å². The van der Waals surface area contributed by atoms with Crippen molar-refractivity contribution in [3.8, 4) is 0 Å². The van der Waals surface area contributed by atoms with Crippen LogP contribution in [0, 0.1) is 0 Å². The number of para-hydroxylation sites is 2. The van der Waals surface area contributed by atoms with E-state index in [0.717, 1.165) is 24.5 Å². The number of rotatable bonds is 3. The van der Waals surface area contributed by atoms with E-state index in [1.165, 1.54) is 19.0 Å². The van der Waals surface area contributed by atoms with E-state index >= 15 is 0 Å². The molecule has 0 saturated carbocycles. The lowest BCUT2D eigenvalue weighted by Crippen LogP contribution is -2.21. The summed E-state index contributed by atoms with van der Waals surface area (Å²) in [6.07, 6.45) is 3.88. The van der Waals surface area contributed by atoms with Gasteiger partial charge in [0.2, 0.25) is 0 Å². The molecule has 1 aromatic heterocycles. The van der Waals surface area contributed by atoms with Crippen LogP contribution in [0.15, 0.2) is 42.6 Å². The van der Waals surface area contributed by atoms with E-state index in [1.54, 1.807) is 12.1 Å². The van der Waals surface area contributed by atoms with Gasteiger partial charge in [0.1, 0.15) is 5.69 Å². The monoisotopic (exact) mass is 354 g/mol. The molecule has 0 aliphatic carbocycles. The molecule has 23 heavy (non-hydrogen) atoms. The molecule has 0 bridgehead atoms. The van der Waals surface area contributed by atoms with Gasteiger partial charge < -0.3 is 16.0 Å². The fourth-order valence-electron chi connectivity index (χ4n) is 2.54. The highest BCUT2D eigenvalue weighted by molar-refractivity contribution is 6.04. The smallest absolute Gasteiger partial charge is 0.274 e. The molecule has 1 amide bonds. The van der Waals surface area contributed by atoms with Crippen LogP contribution in [-0.4, -0.2) is 24.0 Å². The number of anilines is 3. The predicted molar refractivity (Wildman–Crippen MR) is 99.0 cm³/mol. The molecule has 1 saturated heterocycles. The van der Waals surface area contributed by atoms with E-state index in [1.807, 2.05) is 24.3 Å². The minimum absolute atomic E-state index is 0. The fourth-order valence-corrected chi connectivity index (χ4v) is 2.54. The predicted octanol–water partition coefficient (Wildman–Crippen LogP) is 3.36. The molecule has 1 fully saturated rings. The number of nitrogens with two attached hydrogens (primary N) is 1. The molecule has 0 radical (unpaired) electrons. The normalized spacial score (nSPS) is 13.0. The topological polar surface area (TPSA) is 71.2 Å². The number of amides is 1. The Labute approximate surface area is 148 Å². The summed E-state index contributed by atoms with van der Waals surface area (Å²) in [6, 6.07) is 11.2. The third-order valence-electron chi connectivity index (χ3n) is 3.62. The first kappa shape index (κ1) is 19.1. The van der Waals surface area contributed by atoms with Crippen molar-refractivity contribution >= 4 is 47.8 Å². The highest BCUT2D eigenvalue weighted by Gasteiger charge is 2.17. The molecule has 1 aliphatic rings. The van der Waals surface area contributed by atoms with Gasteiger partial charge in [-0.2, -0.15) is 0 Å². The molecular weight excluding hydrogens is 335 g/mol. The van der Waals surface area contributed by atoms with Gasteiger partial charge >= 0.3 is 0 Å². The molecule has 7 heteroatoms. The van der Waals surface area contributed by atoms with Crippen molar-refractivity contribution in [2.75, 3.05) is 29.0 Å². The van der Waals surface area contributed by atoms with Crippen molar-refractivity contribution in [3.63, 3.8) is 0 Å².